The molecule has 2 aromatic heterocycles. The summed E-state index contributed by atoms with van der Waals surface area (Å²) >= 11 is 0. The van der Waals surface area contributed by atoms with E-state index in [1.165, 1.54) is 0 Å². The Balaban J connectivity index is 1.68. The monoisotopic (exact) mass is 368 g/mol. The van der Waals surface area contributed by atoms with Gasteiger partial charge in [-0.3, -0.25) is 14.3 Å². The number of benzene rings is 1. The Kier molecular flexibility index (Phi) is 5.65. The minimum Gasteiger partial charge on any atom is -0.481 e. The van der Waals surface area contributed by atoms with Gasteiger partial charge in [0.2, 0.25) is 0 Å². The molecular formula is C19H20N4O4. The summed E-state index contributed by atoms with van der Waals surface area (Å²) < 4.78 is 6.91. The van der Waals surface area contributed by atoms with Crippen molar-refractivity contribution in [3.8, 4) is 0 Å². The molecule has 3 rings (SSSR count). The van der Waals surface area contributed by atoms with E-state index in [1.54, 1.807) is 16.9 Å². The normalized spacial score (nSPS) is 11.9. The zero-order valence-corrected chi connectivity index (χ0v) is 14.8. The van der Waals surface area contributed by atoms with Gasteiger partial charge in [-0.15, -0.1) is 0 Å². The average Bonchev–Trinajstić information content (AvgIpc) is 3.28. The third-order valence-electron chi connectivity index (χ3n) is 4.03. The molecule has 0 fully saturated rings. The molecule has 0 aliphatic rings. The van der Waals surface area contributed by atoms with Crippen LogP contribution in [0.5, 0.6) is 0 Å². The van der Waals surface area contributed by atoms with E-state index in [-0.39, 0.29) is 18.5 Å². The maximum atomic E-state index is 12.5. The number of hydrogen-bond donors (Lipinski definition) is 2. The summed E-state index contributed by atoms with van der Waals surface area (Å²) in [6, 6.07) is 10.4. The number of amides is 1. The lowest BCUT2D eigenvalue weighted by Crippen LogP contribution is -2.29. The summed E-state index contributed by atoms with van der Waals surface area (Å²) in [7, 11) is 0. The molecule has 0 radical (unpaired) electrons. The molecule has 8 heteroatoms. The first-order valence-corrected chi connectivity index (χ1v) is 8.53. The predicted molar refractivity (Wildman–Crippen MR) is 96.1 cm³/mol. The minimum atomic E-state index is -0.914. The highest BCUT2D eigenvalue weighted by Gasteiger charge is 2.19. The van der Waals surface area contributed by atoms with Crippen molar-refractivity contribution in [3.05, 3.63) is 71.4 Å². The van der Waals surface area contributed by atoms with Crippen molar-refractivity contribution < 1.29 is 19.2 Å². The Labute approximate surface area is 155 Å². The SMILES string of the molecule is Cc1cnn(Cc2cc(C(=O)NC(CCC(=O)O)c3ccccc3)no2)c1. The van der Waals surface area contributed by atoms with Crippen LogP contribution in [0.15, 0.2) is 53.3 Å². The van der Waals surface area contributed by atoms with Crippen molar-refractivity contribution in [3.63, 3.8) is 0 Å². The van der Waals surface area contributed by atoms with Crippen LogP contribution in [0.25, 0.3) is 0 Å². The van der Waals surface area contributed by atoms with Crippen molar-refractivity contribution in [2.75, 3.05) is 0 Å². The number of carbonyl (C=O) groups is 2. The van der Waals surface area contributed by atoms with Crippen molar-refractivity contribution in [1.82, 2.24) is 20.3 Å². The van der Waals surface area contributed by atoms with Crippen molar-refractivity contribution >= 4 is 11.9 Å². The van der Waals surface area contributed by atoms with E-state index in [4.69, 9.17) is 9.63 Å². The van der Waals surface area contributed by atoms with E-state index < -0.39 is 17.9 Å². The molecule has 1 unspecified atom stereocenters. The largest absolute Gasteiger partial charge is 0.481 e. The second-order valence-electron chi connectivity index (χ2n) is 6.26. The van der Waals surface area contributed by atoms with Gasteiger partial charge in [-0.25, -0.2) is 0 Å². The van der Waals surface area contributed by atoms with Gasteiger partial charge in [-0.05, 0) is 24.5 Å². The Morgan fingerprint density at radius 2 is 2.07 bits per heavy atom. The highest BCUT2D eigenvalue weighted by atomic mass is 16.5. The number of carboxylic acid groups (broad SMARTS) is 1. The molecule has 8 nitrogen and oxygen atoms in total. The van der Waals surface area contributed by atoms with E-state index in [2.05, 4.69) is 15.6 Å². The van der Waals surface area contributed by atoms with E-state index in [0.29, 0.717) is 12.3 Å². The van der Waals surface area contributed by atoms with Gasteiger partial charge in [-0.1, -0.05) is 35.5 Å². The fourth-order valence-corrected chi connectivity index (χ4v) is 2.72. The van der Waals surface area contributed by atoms with Crippen molar-refractivity contribution in [2.45, 2.75) is 32.4 Å². The Morgan fingerprint density at radius 3 is 2.74 bits per heavy atom. The predicted octanol–water partition coefficient (Wildman–Crippen LogP) is 2.56. The summed E-state index contributed by atoms with van der Waals surface area (Å²) in [6.07, 6.45) is 3.82. The number of hydrogen-bond acceptors (Lipinski definition) is 5. The van der Waals surface area contributed by atoms with Gasteiger partial charge in [0, 0.05) is 18.7 Å². The van der Waals surface area contributed by atoms with Gasteiger partial charge in [-0.2, -0.15) is 5.10 Å². The molecule has 0 spiro atoms. The number of rotatable bonds is 8. The second kappa shape index (κ2) is 8.31. The lowest BCUT2D eigenvalue weighted by atomic mass is 10.0. The zero-order chi connectivity index (χ0) is 19.2. The van der Waals surface area contributed by atoms with Crippen LogP contribution < -0.4 is 5.32 Å². The van der Waals surface area contributed by atoms with E-state index >= 15 is 0 Å². The number of nitrogens with one attached hydrogen (secondary N) is 1. The first-order valence-electron chi connectivity index (χ1n) is 8.53. The van der Waals surface area contributed by atoms with Gasteiger partial charge in [0.1, 0.15) is 6.54 Å². The molecule has 1 amide bonds. The van der Waals surface area contributed by atoms with E-state index in [0.717, 1.165) is 11.1 Å². The van der Waals surface area contributed by atoms with Crippen LogP contribution in [0.3, 0.4) is 0 Å². The molecule has 0 aliphatic heterocycles. The quantitative estimate of drug-likeness (QED) is 0.632. The average molecular weight is 368 g/mol. The van der Waals surface area contributed by atoms with Crippen molar-refractivity contribution in [2.24, 2.45) is 0 Å². The highest BCUT2D eigenvalue weighted by molar-refractivity contribution is 5.92. The Hall–Kier alpha value is -3.42. The number of aromatic nitrogens is 3. The van der Waals surface area contributed by atoms with Crippen LogP contribution in [0.2, 0.25) is 0 Å². The number of carbonyl (C=O) groups excluding carboxylic acids is 1. The summed E-state index contributed by atoms with van der Waals surface area (Å²) in [5, 5.41) is 19.8. The fourth-order valence-electron chi connectivity index (χ4n) is 2.72. The van der Waals surface area contributed by atoms with Gasteiger partial charge in [0.05, 0.1) is 12.2 Å². The number of aliphatic carboxylic acids is 1. The van der Waals surface area contributed by atoms with Crippen LogP contribution >= 0.6 is 0 Å². The smallest absolute Gasteiger partial charge is 0.303 e. The summed E-state index contributed by atoms with van der Waals surface area (Å²) in [4.78, 5) is 23.5. The third kappa shape index (κ3) is 5.04. The minimum absolute atomic E-state index is 0.0530. The van der Waals surface area contributed by atoms with Crippen molar-refractivity contribution in [1.29, 1.82) is 0 Å². The molecule has 0 saturated carbocycles. The lowest BCUT2D eigenvalue weighted by Gasteiger charge is -2.17. The molecule has 1 atom stereocenters. The van der Waals surface area contributed by atoms with Crippen LogP contribution in [0.4, 0.5) is 0 Å². The Bertz CT molecular complexity index is 917. The highest BCUT2D eigenvalue weighted by Crippen LogP contribution is 2.19. The van der Waals surface area contributed by atoms with E-state index in [1.807, 2.05) is 43.5 Å². The van der Waals surface area contributed by atoms with Crippen LogP contribution in [0, 0.1) is 6.92 Å². The third-order valence-corrected chi connectivity index (χ3v) is 4.03. The first kappa shape index (κ1) is 18.4. The lowest BCUT2D eigenvalue weighted by molar-refractivity contribution is -0.137. The summed E-state index contributed by atoms with van der Waals surface area (Å²) in [5.41, 5.74) is 2.00. The van der Waals surface area contributed by atoms with Crippen LogP contribution in [-0.2, 0) is 11.3 Å². The zero-order valence-electron chi connectivity index (χ0n) is 14.8. The maximum Gasteiger partial charge on any atom is 0.303 e. The number of carboxylic acids is 1. The van der Waals surface area contributed by atoms with Crippen LogP contribution in [0.1, 0.15) is 46.3 Å². The molecule has 2 N–H and O–H groups in total. The van der Waals surface area contributed by atoms with Crippen LogP contribution in [-0.4, -0.2) is 31.9 Å². The molecule has 2 heterocycles. The molecule has 27 heavy (non-hydrogen) atoms. The number of nitrogens with zero attached hydrogens (tertiary/aromatic N) is 3. The Morgan fingerprint density at radius 1 is 1.30 bits per heavy atom. The van der Waals surface area contributed by atoms with Gasteiger partial charge in [0.15, 0.2) is 11.5 Å². The summed E-state index contributed by atoms with van der Waals surface area (Å²) in [6.45, 7) is 2.30. The van der Waals surface area contributed by atoms with E-state index in [9.17, 15) is 9.59 Å². The molecular weight excluding hydrogens is 348 g/mol. The molecule has 0 saturated heterocycles. The fraction of sp³-hybridized carbons (Fsp3) is 0.263. The topological polar surface area (TPSA) is 110 Å². The first-order chi connectivity index (χ1) is 13.0. The number of aryl methyl sites for hydroxylation is 1. The van der Waals surface area contributed by atoms with Gasteiger partial charge >= 0.3 is 5.97 Å². The van der Waals surface area contributed by atoms with Gasteiger partial charge < -0.3 is 14.9 Å². The molecule has 3 aromatic rings. The maximum absolute atomic E-state index is 12.5. The molecule has 1 aromatic carbocycles. The summed E-state index contributed by atoms with van der Waals surface area (Å²) in [5.74, 6) is -0.825. The van der Waals surface area contributed by atoms with Gasteiger partial charge in [0.25, 0.3) is 5.91 Å². The molecule has 0 bridgehead atoms. The molecule has 140 valence electrons. The second-order valence-corrected chi connectivity index (χ2v) is 6.26. The standard InChI is InChI=1S/C19H20N4O4/c1-13-10-20-23(11-13)12-15-9-17(22-27-15)19(26)21-16(7-8-18(24)25)14-5-3-2-4-6-14/h2-6,9-11,16H,7-8,12H2,1H3,(H,21,26)(H,24,25). The molecule has 0 aliphatic carbocycles.